The summed E-state index contributed by atoms with van der Waals surface area (Å²) in [5.41, 5.74) is 1.99. The molecular weight excluding hydrogens is 264 g/mol. The minimum Gasteiger partial charge on any atom is -0.368 e. The lowest BCUT2D eigenvalue weighted by Gasteiger charge is -2.32. The van der Waals surface area contributed by atoms with Crippen LogP contribution in [0.15, 0.2) is 23.3 Å². The first-order valence-electron chi connectivity index (χ1n) is 7.36. The summed E-state index contributed by atoms with van der Waals surface area (Å²) in [6.45, 7) is 11.9. The van der Waals surface area contributed by atoms with Crippen molar-refractivity contribution in [2.75, 3.05) is 5.01 Å². The van der Waals surface area contributed by atoms with Gasteiger partial charge in [0.25, 0.3) is 0 Å². The van der Waals surface area contributed by atoms with E-state index in [2.05, 4.69) is 21.6 Å². The summed E-state index contributed by atoms with van der Waals surface area (Å²) < 4.78 is 0. The predicted molar refractivity (Wildman–Crippen MR) is 83.1 cm³/mol. The fourth-order valence-electron chi connectivity index (χ4n) is 3.55. The number of hydrogen-bond acceptors (Lipinski definition) is 5. The standard InChI is InChI=1S/C16H22N4O/c1-9(2)13-7-14-11(4)19-20(16(14,21)8-13)15-6-10(3)17-12(5)18-15/h6,13-14,21H,1,7-8H2,2-5H3/t13-,14?,16?/m1/s1. The van der Waals surface area contributed by atoms with E-state index in [0.29, 0.717) is 24.0 Å². The Morgan fingerprint density at radius 1 is 1.38 bits per heavy atom. The van der Waals surface area contributed by atoms with Gasteiger partial charge in [0, 0.05) is 29.8 Å². The number of allylic oxidation sites excluding steroid dienone is 1. The first-order valence-corrected chi connectivity index (χ1v) is 7.36. The molecular formula is C16H22N4O. The Labute approximate surface area is 125 Å². The zero-order chi connectivity index (χ0) is 15.4. The SMILES string of the molecule is C=C(C)[C@@H]1CC2C(C)=NN(c3cc(C)nc(C)n3)C2(O)C1. The molecule has 1 aromatic rings. The molecule has 5 nitrogen and oxygen atoms in total. The van der Waals surface area contributed by atoms with E-state index in [-0.39, 0.29) is 5.92 Å². The molecule has 21 heavy (non-hydrogen) atoms. The summed E-state index contributed by atoms with van der Waals surface area (Å²) >= 11 is 0. The highest BCUT2D eigenvalue weighted by molar-refractivity contribution is 5.90. The molecule has 1 N–H and O–H groups in total. The van der Waals surface area contributed by atoms with Crippen LogP contribution in [0.5, 0.6) is 0 Å². The van der Waals surface area contributed by atoms with E-state index in [9.17, 15) is 5.11 Å². The van der Waals surface area contributed by atoms with Crippen molar-refractivity contribution in [3.8, 4) is 0 Å². The first-order chi connectivity index (χ1) is 9.81. The second-order valence-corrected chi connectivity index (χ2v) is 6.38. The summed E-state index contributed by atoms with van der Waals surface area (Å²) in [5.74, 6) is 1.75. The summed E-state index contributed by atoms with van der Waals surface area (Å²) in [6.07, 6.45) is 1.55. The first kappa shape index (κ1) is 14.2. The molecule has 0 aromatic carbocycles. The summed E-state index contributed by atoms with van der Waals surface area (Å²) in [5, 5.41) is 17.5. The second-order valence-electron chi connectivity index (χ2n) is 6.38. The van der Waals surface area contributed by atoms with Crippen LogP contribution in [-0.2, 0) is 0 Å². The van der Waals surface area contributed by atoms with Crippen LogP contribution >= 0.6 is 0 Å². The third-order valence-electron chi connectivity index (χ3n) is 4.62. The van der Waals surface area contributed by atoms with Crippen LogP contribution in [0.4, 0.5) is 5.82 Å². The molecule has 3 rings (SSSR count). The van der Waals surface area contributed by atoms with E-state index in [1.165, 1.54) is 0 Å². The lowest BCUT2D eigenvalue weighted by molar-refractivity contribution is 0.0294. The van der Waals surface area contributed by atoms with Gasteiger partial charge in [0.05, 0.1) is 0 Å². The molecule has 5 heteroatoms. The maximum Gasteiger partial charge on any atom is 0.168 e. The van der Waals surface area contributed by atoms with Crippen molar-refractivity contribution in [2.24, 2.45) is 16.9 Å². The van der Waals surface area contributed by atoms with Crippen molar-refractivity contribution < 1.29 is 5.11 Å². The maximum absolute atomic E-state index is 11.2. The topological polar surface area (TPSA) is 61.6 Å². The number of aryl methyl sites for hydroxylation is 2. The van der Waals surface area contributed by atoms with Gasteiger partial charge in [-0.1, -0.05) is 12.2 Å². The van der Waals surface area contributed by atoms with Crippen molar-refractivity contribution in [1.82, 2.24) is 9.97 Å². The van der Waals surface area contributed by atoms with Crippen molar-refractivity contribution in [1.29, 1.82) is 0 Å². The van der Waals surface area contributed by atoms with Gasteiger partial charge in [-0.15, -0.1) is 0 Å². The van der Waals surface area contributed by atoms with Crippen molar-refractivity contribution in [3.63, 3.8) is 0 Å². The number of rotatable bonds is 2. The molecule has 0 amide bonds. The molecule has 1 saturated carbocycles. The summed E-state index contributed by atoms with van der Waals surface area (Å²) in [6, 6.07) is 1.87. The second kappa shape index (κ2) is 4.63. The van der Waals surface area contributed by atoms with Crippen molar-refractivity contribution >= 4 is 11.5 Å². The van der Waals surface area contributed by atoms with Crippen LogP contribution in [0, 0.1) is 25.7 Å². The molecule has 0 spiro atoms. The third-order valence-corrected chi connectivity index (χ3v) is 4.62. The van der Waals surface area contributed by atoms with Crippen LogP contribution in [0.2, 0.25) is 0 Å². The van der Waals surface area contributed by atoms with Crippen LogP contribution in [0.3, 0.4) is 0 Å². The van der Waals surface area contributed by atoms with Gasteiger partial charge in [-0.25, -0.2) is 15.0 Å². The molecule has 3 atom stereocenters. The van der Waals surface area contributed by atoms with Gasteiger partial charge in [0.2, 0.25) is 0 Å². The quantitative estimate of drug-likeness (QED) is 0.849. The molecule has 112 valence electrons. The number of aromatic nitrogens is 2. The van der Waals surface area contributed by atoms with E-state index in [1.807, 2.05) is 33.8 Å². The number of nitrogens with zero attached hydrogens (tertiary/aromatic N) is 4. The van der Waals surface area contributed by atoms with Gasteiger partial charge in [-0.3, -0.25) is 0 Å². The maximum atomic E-state index is 11.2. The minimum absolute atomic E-state index is 0.0507. The van der Waals surface area contributed by atoms with Gasteiger partial charge < -0.3 is 5.11 Å². The highest BCUT2D eigenvalue weighted by atomic mass is 16.3. The number of hydrogen-bond donors (Lipinski definition) is 1. The molecule has 0 radical (unpaired) electrons. The zero-order valence-corrected chi connectivity index (χ0v) is 13.1. The lowest BCUT2D eigenvalue weighted by Crippen LogP contribution is -2.46. The van der Waals surface area contributed by atoms with Crippen LogP contribution in [-0.4, -0.2) is 26.5 Å². The van der Waals surface area contributed by atoms with Gasteiger partial charge in [0.15, 0.2) is 11.5 Å². The third kappa shape index (κ3) is 2.16. The van der Waals surface area contributed by atoms with E-state index in [1.54, 1.807) is 5.01 Å². The Kier molecular flexibility index (Phi) is 3.13. The van der Waals surface area contributed by atoms with Gasteiger partial charge in [-0.05, 0) is 40.0 Å². The average molecular weight is 286 g/mol. The van der Waals surface area contributed by atoms with E-state index < -0.39 is 5.72 Å². The summed E-state index contributed by atoms with van der Waals surface area (Å²) in [4.78, 5) is 8.75. The molecule has 2 aliphatic rings. The van der Waals surface area contributed by atoms with Crippen molar-refractivity contribution in [3.05, 3.63) is 29.7 Å². The normalized spacial score (nSPS) is 31.3. The van der Waals surface area contributed by atoms with E-state index >= 15 is 0 Å². The Bertz CT molecular complexity index is 619. The smallest absolute Gasteiger partial charge is 0.168 e. The Balaban J connectivity index is 2.02. The largest absolute Gasteiger partial charge is 0.368 e. The zero-order valence-electron chi connectivity index (χ0n) is 13.1. The summed E-state index contributed by atoms with van der Waals surface area (Å²) in [7, 11) is 0. The lowest BCUT2D eigenvalue weighted by atomic mass is 9.95. The highest BCUT2D eigenvalue weighted by Crippen LogP contribution is 2.49. The van der Waals surface area contributed by atoms with Gasteiger partial charge >= 0.3 is 0 Å². The van der Waals surface area contributed by atoms with E-state index in [0.717, 1.165) is 23.4 Å². The molecule has 2 unspecified atom stereocenters. The predicted octanol–water partition coefficient (Wildman–Crippen LogP) is 2.58. The molecule has 0 bridgehead atoms. The monoisotopic (exact) mass is 286 g/mol. The van der Waals surface area contributed by atoms with E-state index in [4.69, 9.17) is 0 Å². The minimum atomic E-state index is -0.985. The number of anilines is 1. The van der Waals surface area contributed by atoms with Crippen LogP contribution in [0.1, 0.15) is 38.2 Å². The Morgan fingerprint density at radius 2 is 2.10 bits per heavy atom. The Morgan fingerprint density at radius 3 is 2.71 bits per heavy atom. The molecule has 1 fully saturated rings. The van der Waals surface area contributed by atoms with Crippen LogP contribution in [0.25, 0.3) is 0 Å². The molecule has 1 aromatic heterocycles. The molecule has 2 heterocycles. The molecule has 0 saturated heterocycles. The number of aliphatic hydroxyl groups is 1. The van der Waals surface area contributed by atoms with Crippen molar-refractivity contribution in [2.45, 2.75) is 46.3 Å². The van der Waals surface area contributed by atoms with Gasteiger partial charge in [-0.2, -0.15) is 5.10 Å². The Hall–Kier alpha value is -1.75. The van der Waals surface area contributed by atoms with Crippen LogP contribution < -0.4 is 5.01 Å². The fourth-order valence-corrected chi connectivity index (χ4v) is 3.55. The number of hydrazone groups is 1. The molecule has 1 aliphatic carbocycles. The average Bonchev–Trinajstić information content (AvgIpc) is 2.83. The van der Waals surface area contributed by atoms with Gasteiger partial charge in [0.1, 0.15) is 5.82 Å². The number of fused-ring (bicyclic) bond motifs is 1. The highest BCUT2D eigenvalue weighted by Gasteiger charge is 2.56. The fraction of sp³-hybridized carbons (Fsp3) is 0.562. The molecule has 1 aliphatic heterocycles.